The van der Waals surface area contributed by atoms with E-state index in [1.807, 2.05) is 25.1 Å². The molecule has 3 rings (SSSR count). The highest BCUT2D eigenvalue weighted by Gasteiger charge is 2.54. The number of rotatable bonds is 4. The van der Waals surface area contributed by atoms with Crippen LogP contribution >= 0.6 is 0 Å². The number of hydrogen-bond donors (Lipinski definition) is 1. The average molecular weight is 306 g/mol. The number of Topliss-reactive ketones (excluding diaryl/α,β-unsaturated/α-hetero) is 1. The Labute approximate surface area is 137 Å². The molecule has 1 aliphatic carbocycles. The summed E-state index contributed by atoms with van der Waals surface area (Å²) in [4.78, 5) is 13.0. The second kappa shape index (κ2) is 5.69. The van der Waals surface area contributed by atoms with Crippen LogP contribution in [0.3, 0.4) is 0 Å². The topological polar surface area (TPSA) is 37.3 Å². The van der Waals surface area contributed by atoms with E-state index in [4.69, 9.17) is 0 Å². The molecule has 1 saturated carbocycles. The Bertz CT molecular complexity index is 747. The van der Waals surface area contributed by atoms with Gasteiger partial charge in [0.1, 0.15) is 5.75 Å². The van der Waals surface area contributed by atoms with Crippen molar-refractivity contribution in [1.82, 2.24) is 0 Å². The summed E-state index contributed by atoms with van der Waals surface area (Å²) in [7, 11) is 0. The molecule has 118 valence electrons. The maximum atomic E-state index is 13.0. The number of allylic oxidation sites excluding steroid dienone is 1. The first-order valence-corrected chi connectivity index (χ1v) is 7.98. The zero-order valence-electron chi connectivity index (χ0n) is 13.6. The molecule has 0 aromatic heterocycles. The Morgan fingerprint density at radius 2 is 1.74 bits per heavy atom. The van der Waals surface area contributed by atoms with Crippen molar-refractivity contribution in [3.63, 3.8) is 0 Å². The summed E-state index contributed by atoms with van der Waals surface area (Å²) >= 11 is 0. The molecule has 2 heteroatoms. The van der Waals surface area contributed by atoms with Gasteiger partial charge in [-0.2, -0.15) is 0 Å². The molecule has 0 radical (unpaired) electrons. The van der Waals surface area contributed by atoms with E-state index in [0.29, 0.717) is 5.56 Å². The van der Waals surface area contributed by atoms with Gasteiger partial charge in [0.2, 0.25) is 0 Å². The molecule has 0 heterocycles. The molecule has 1 N–H and O–H groups in total. The fourth-order valence-electron chi connectivity index (χ4n) is 3.81. The normalized spacial score (nSPS) is 26.3. The van der Waals surface area contributed by atoms with E-state index in [9.17, 15) is 9.90 Å². The summed E-state index contributed by atoms with van der Waals surface area (Å²) < 4.78 is 0. The van der Waals surface area contributed by atoms with Gasteiger partial charge >= 0.3 is 0 Å². The first-order chi connectivity index (χ1) is 10.9. The Balaban J connectivity index is 1.99. The third-order valence-electron chi connectivity index (χ3n) is 5.37. The fraction of sp³-hybridized carbons (Fsp3) is 0.286. The number of hydrogen-bond acceptors (Lipinski definition) is 2. The second-order valence-electron chi connectivity index (χ2n) is 6.78. The first-order valence-electron chi connectivity index (χ1n) is 7.98. The Kier molecular flexibility index (Phi) is 3.85. The molecule has 1 aliphatic rings. The van der Waals surface area contributed by atoms with Gasteiger partial charge in [0.05, 0.1) is 5.56 Å². The van der Waals surface area contributed by atoms with Crippen LogP contribution < -0.4 is 0 Å². The lowest BCUT2D eigenvalue weighted by molar-refractivity contribution is 0.0477. The summed E-state index contributed by atoms with van der Waals surface area (Å²) in [6, 6.07) is 17.0. The third-order valence-corrected chi connectivity index (χ3v) is 5.37. The number of benzene rings is 2. The number of phenolic OH excluding ortho intramolecular Hbond substituents is 1. The highest BCUT2D eigenvalue weighted by Crippen LogP contribution is 2.61. The lowest BCUT2D eigenvalue weighted by Gasteiger charge is -2.54. The number of phenols is 1. The molecule has 2 nitrogen and oxygen atoms in total. The smallest absolute Gasteiger partial charge is 0.170 e. The lowest BCUT2D eigenvalue weighted by atomic mass is 9.49. The predicted molar refractivity (Wildman–Crippen MR) is 92.6 cm³/mol. The van der Waals surface area contributed by atoms with Gasteiger partial charge in [0, 0.05) is 11.8 Å². The molecular weight excluding hydrogens is 284 g/mol. The van der Waals surface area contributed by atoms with Gasteiger partial charge in [-0.3, -0.25) is 4.79 Å². The molecule has 3 atom stereocenters. The van der Waals surface area contributed by atoms with E-state index in [2.05, 4.69) is 25.6 Å². The van der Waals surface area contributed by atoms with E-state index >= 15 is 0 Å². The van der Waals surface area contributed by atoms with Crippen LogP contribution in [-0.4, -0.2) is 10.9 Å². The molecule has 1 fully saturated rings. The van der Waals surface area contributed by atoms with Crippen LogP contribution in [0.4, 0.5) is 0 Å². The highest BCUT2D eigenvalue weighted by molar-refractivity contribution is 6.01. The van der Waals surface area contributed by atoms with Gasteiger partial charge in [-0.1, -0.05) is 61.5 Å². The van der Waals surface area contributed by atoms with E-state index < -0.39 is 0 Å². The molecule has 0 saturated heterocycles. The molecule has 2 aromatic carbocycles. The summed E-state index contributed by atoms with van der Waals surface area (Å²) in [5.41, 5.74) is 2.61. The summed E-state index contributed by atoms with van der Waals surface area (Å²) in [6.07, 6.45) is 0.773. The van der Waals surface area contributed by atoms with Crippen molar-refractivity contribution in [1.29, 1.82) is 0 Å². The largest absolute Gasteiger partial charge is 0.507 e. The molecular formula is C21H22O2. The van der Waals surface area contributed by atoms with Gasteiger partial charge in [0.15, 0.2) is 5.78 Å². The first kappa shape index (κ1) is 15.5. The minimum atomic E-state index is -0.118. The maximum Gasteiger partial charge on any atom is 0.170 e. The Morgan fingerprint density at radius 1 is 1.13 bits per heavy atom. The van der Waals surface area contributed by atoms with Crippen molar-refractivity contribution in [3.8, 4) is 5.75 Å². The minimum absolute atomic E-state index is 0.0238. The van der Waals surface area contributed by atoms with E-state index in [0.717, 1.165) is 17.6 Å². The quantitative estimate of drug-likeness (QED) is 0.640. The van der Waals surface area contributed by atoms with Crippen molar-refractivity contribution in [3.05, 3.63) is 77.9 Å². The molecule has 0 bridgehead atoms. The van der Waals surface area contributed by atoms with Crippen molar-refractivity contribution >= 4 is 5.78 Å². The van der Waals surface area contributed by atoms with Crippen LogP contribution in [0, 0.1) is 11.3 Å². The van der Waals surface area contributed by atoms with Gasteiger partial charge in [-0.05, 0) is 36.5 Å². The molecule has 0 amide bonds. The monoisotopic (exact) mass is 306 g/mol. The van der Waals surface area contributed by atoms with E-state index in [-0.39, 0.29) is 28.8 Å². The zero-order valence-corrected chi connectivity index (χ0v) is 13.6. The zero-order chi connectivity index (χ0) is 16.6. The number of carbonyl (C=O) groups is 1. The van der Waals surface area contributed by atoms with Crippen LogP contribution in [0.2, 0.25) is 0 Å². The molecule has 0 spiro atoms. The number of aromatic hydroxyl groups is 1. The third kappa shape index (κ3) is 2.48. The average Bonchev–Trinajstić information content (AvgIpc) is 2.53. The van der Waals surface area contributed by atoms with Crippen LogP contribution in [0.1, 0.15) is 42.1 Å². The minimum Gasteiger partial charge on any atom is -0.507 e. The maximum absolute atomic E-state index is 13.0. The Hall–Kier alpha value is -2.35. The predicted octanol–water partition coefficient (Wildman–Crippen LogP) is 4.96. The van der Waals surface area contributed by atoms with Crippen molar-refractivity contribution in [2.24, 2.45) is 11.3 Å². The number of carbonyl (C=O) groups excluding carboxylic acids is 1. The van der Waals surface area contributed by atoms with Gasteiger partial charge in [-0.15, -0.1) is 0 Å². The van der Waals surface area contributed by atoms with Gasteiger partial charge in [-0.25, -0.2) is 0 Å². The summed E-state index contributed by atoms with van der Waals surface area (Å²) in [5.74, 6) is 0.0737. The SMILES string of the molecule is C=C(C)[C@@]1(C)C[C@@H](C(=O)c2ccccc2O)[C@@H]1c1ccccc1. The van der Waals surface area contributed by atoms with Crippen LogP contribution in [-0.2, 0) is 0 Å². The summed E-state index contributed by atoms with van der Waals surface area (Å²) in [5, 5.41) is 10.0. The summed E-state index contributed by atoms with van der Waals surface area (Å²) in [6.45, 7) is 8.37. The van der Waals surface area contributed by atoms with Crippen molar-refractivity contribution in [2.45, 2.75) is 26.2 Å². The molecule has 2 aromatic rings. The number of para-hydroxylation sites is 1. The number of ketones is 1. The van der Waals surface area contributed by atoms with E-state index in [1.54, 1.807) is 24.3 Å². The molecule has 0 aliphatic heterocycles. The lowest BCUT2D eigenvalue weighted by Crippen LogP contribution is -2.48. The van der Waals surface area contributed by atoms with Crippen molar-refractivity contribution in [2.75, 3.05) is 0 Å². The Morgan fingerprint density at radius 3 is 2.35 bits per heavy atom. The van der Waals surface area contributed by atoms with Crippen LogP contribution in [0.15, 0.2) is 66.7 Å². The van der Waals surface area contributed by atoms with Gasteiger partial charge < -0.3 is 5.11 Å². The standard InChI is InChI=1S/C21H22O2/c1-14(2)21(3)13-17(19(21)15-9-5-4-6-10-15)20(23)16-11-7-8-12-18(16)22/h4-12,17,19,22H,1,13H2,2-3H3/t17-,19+,21-/m1/s1. The van der Waals surface area contributed by atoms with E-state index in [1.165, 1.54) is 0 Å². The second-order valence-corrected chi connectivity index (χ2v) is 6.78. The highest BCUT2D eigenvalue weighted by atomic mass is 16.3. The van der Waals surface area contributed by atoms with Crippen LogP contribution in [0.5, 0.6) is 5.75 Å². The fourth-order valence-corrected chi connectivity index (χ4v) is 3.81. The van der Waals surface area contributed by atoms with Gasteiger partial charge in [0.25, 0.3) is 0 Å². The molecule has 23 heavy (non-hydrogen) atoms. The molecule has 0 unspecified atom stereocenters. The van der Waals surface area contributed by atoms with Crippen molar-refractivity contribution < 1.29 is 9.90 Å². The van der Waals surface area contributed by atoms with Crippen LogP contribution in [0.25, 0.3) is 0 Å².